The number of hydrogen-bond acceptors (Lipinski definition) is 5. The van der Waals surface area contributed by atoms with E-state index in [2.05, 4.69) is 15.6 Å². The molecule has 0 atom stereocenters. The number of benzene rings is 1. The number of rotatable bonds is 10. The number of hydrogen-bond donors (Lipinski definition) is 2. The second-order valence-electron chi connectivity index (χ2n) is 6.01. The SMILES string of the molecule is CCOC(=O)CCCCCCNC(=NC)NCc1ccc2c(c1)OCO2. The lowest BCUT2D eigenvalue weighted by atomic mass is 10.1. The van der Waals surface area contributed by atoms with Crippen molar-refractivity contribution in [2.75, 3.05) is 27.0 Å². The van der Waals surface area contributed by atoms with E-state index < -0.39 is 0 Å². The fourth-order valence-corrected chi connectivity index (χ4v) is 2.65. The zero-order valence-corrected chi connectivity index (χ0v) is 15.7. The van der Waals surface area contributed by atoms with E-state index in [0.29, 0.717) is 19.6 Å². The number of carbonyl (C=O) groups excluding carboxylic acids is 1. The third-order valence-corrected chi connectivity index (χ3v) is 4.03. The fraction of sp³-hybridized carbons (Fsp3) is 0.579. The number of aliphatic imine (C=N–C) groups is 1. The number of nitrogens with zero attached hydrogens (tertiary/aromatic N) is 1. The van der Waals surface area contributed by atoms with Gasteiger partial charge in [-0.25, -0.2) is 0 Å². The lowest BCUT2D eigenvalue weighted by molar-refractivity contribution is -0.143. The van der Waals surface area contributed by atoms with Crippen molar-refractivity contribution in [2.24, 2.45) is 4.99 Å². The second-order valence-corrected chi connectivity index (χ2v) is 6.01. The largest absolute Gasteiger partial charge is 0.466 e. The molecule has 7 heteroatoms. The normalized spacial score (nSPS) is 12.8. The first-order valence-electron chi connectivity index (χ1n) is 9.21. The summed E-state index contributed by atoms with van der Waals surface area (Å²) in [5, 5.41) is 6.59. The highest BCUT2D eigenvalue weighted by Crippen LogP contribution is 2.32. The first-order chi connectivity index (χ1) is 12.7. The van der Waals surface area contributed by atoms with E-state index in [1.165, 1.54) is 0 Å². The van der Waals surface area contributed by atoms with Crippen LogP contribution in [-0.2, 0) is 16.1 Å². The summed E-state index contributed by atoms with van der Waals surface area (Å²) in [7, 11) is 1.76. The van der Waals surface area contributed by atoms with Gasteiger partial charge >= 0.3 is 5.97 Å². The minimum atomic E-state index is -0.0984. The van der Waals surface area contributed by atoms with Crippen molar-refractivity contribution in [3.63, 3.8) is 0 Å². The molecule has 1 aromatic carbocycles. The van der Waals surface area contributed by atoms with Crippen LogP contribution in [0.5, 0.6) is 11.5 Å². The molecule has 0 radical (unpaired) electrons. The zero-order chi connectivity index (χ0) is 18.6. The van der Waals surface area contributed by atoms with Crippen LogP contribution in [0.15, 0.2) is 23.2 Å². The predicted molar refractivity (Wildman–Crippen MR) is 100 cm³/mol. The van der Waals surface area contributed by atoms with Gasteiger partial charge in [-0.1, -0.05) is 18.9 Å². The van der Waals surface area contributed by atoms with Crippen molar-refractivity contribution in [1.82, 2.24) is 10.6 Å². The summed E-state index contributed by atoms with van der Waals surface area (Å²) in [5.74, 6) is 2.25. The Morgan fingerprint density at radius 3 is 2.77 bits per heavy atom. The number of fused-ring (bicyclic) bond motifs is 1. The van der Waals surface area contributed by atoms with E-state index in [4.69, 9.17) is 14.2 Å². The van der Waals surface area contributed by atoms with Crippen molar-refractivity contribution in [1.29, 1.82) is 0 Å². The maximum Gasteiger partial charge on any atom is 0.305 e. The molecule has 2 N–H and O–H groups in total. The molecular formula is C19H29N3O4. The first kappa shape index (κ1) is 19.9. The lowest BCUT2D eigenvalue weighted by Crippen LogP contribution is -2.37. The number of nitrogens with one attached hydrogen (secondary N) is 2. The van der Waals surface area contributed by atoms with Gasteiger partial charge in [0, 0.05) is 26.6 Å². The average molecular weight is 363 g/mol. The molecule has 1 aromatic rings. The van der Waals surface area contributed by atoms with Gasteiger partial charge in [-0.2, -0.15) is 0 Å². The van der Waals surface area contributed by atoms with Crippen molar-refractivity contribution in [3.05, 3.63) is 23.8 Å². The third-order valence-electron chi connectivity index (χ3n) is 4.03. The van der Waals surface area contributed by atoms with E-state index >= 15 is 0 Å². The molecule has 0 bridgehead atoms. The molecule has 0 saturated carbocycles. The molecule has 0 fully saturated rings. The molecule has 0 spiro atoms. The number of unbranched alkanes of at least 4 members (excludes halogenated alkanes) is 3. The van der Waals surface area contributed by atoms with Crippen LogP contribution in [0.4, 0.5) is 0 Å². The number of guanidine groups is 1. The van der Waals surface area contributed by atoms with E-state index in [1.54, 1.807) is 7.05 Å². The van der Waals surface area contributed by atoms with Crippen LogP contribution >= 0.6 is 0 Å². The summed E-state index contributed by atoms with van der Waals surface area (Å²) in [5.41, 5.74) is 1.11. The first-order valence-corrected chi connectivity index (χ1v) is 9.21. The van der Waals surface area contributed by atoms with Crippen LogP contribution < -0.4 is 20.1 Å². The Balaban J connectivity index is 1.56. The fourth-order valence-electron chi connectivity index (χ4n) is 2.65. The predicted octanol–water partition coefficient (Wildman–Crippen LogP) is 2.59. The Labute approximate surface area is 155 Å². The maximum absolute atomic E-state index is 11.2. The molecule has 0 aliphatic carbocycles. The van der Waals surface area contributed by atoms with Crippen molar-refractivity contribution < 1.29 is 19.0 Å². The van der Waals surface area contributed by atoms with Gasteiger partial charge in [0.1, 0.15) is 0 Å². The summed E-state index contributed by atoms with van der Waals surface area (Å²) < 4.78 is 15.6. The number of esters is 1. The molecule has 26 heavy (non-hydrogen) atoms. The Morgan fingerprint density at radius 1 is 1.15 bits per heavy atom. The van der Waals surface area contributed by atoms with Crippen molar-refractivity contribution in [3.8, 4) is 11.5 Å². The summed E-state index contributed by atoms with van der Waals surface area (Å²) in [6, 6.07) is 5.91. The van der Waals surface area contributed by atoms with Gasteiger partial charge in [-0.15, -0.1) is 0 Å². The second kappa shape index (κ2) is 11.2. The molecule has 0 amide bonds. The highest BCUT2D eigenvalue weighted by Gasteiger charge is 2.13. The molecule has 0 saturated heterocycles. The van der Waals surface area contributed by atoms with Gasteiger partial charge in [-0.05, 0) is 37.5 Å². The number of ether oxygens (including phenoxy) is 3. The summed E-state index contributed by atoms with van der Waals surface area (Å²) in [4.78, 5) is 15.5. The Hall–Kier alpha value is -2.44. The Bertz CT molecular complexity index is 604. The van der Waals surface area contributed by atoms with Crippen molar-refractivity contribution in [2.45, 2.75) is 45.6 Å². The van der Waals surface area contributed by atoms with Crippen LogP contribution in [0, 0.1) is 0 Å². The summed E-state index contributed by atoms with van der Waals surface area (Å²) in [6.07, 6.45) is 4.54. The standard InChI is InChI=1S/C19H29N3O4/c1-3-24-18(23)8-6-4-5-7-11-21-19(20-2)22-13-15-9-10-16-17(12-15)26-14-25-16/h9-10,12H,3-8,11,13-14H2,1-2H3,(H2,20,21,22). The van der Waals surface area contributed by atoms with Gasteiger partial charge < -0.3 is 24.8 Å². The smallest absolute Gasteiger partial charge is 0.305 e. The van der Waals surface area contributed by atoms with Gasteiger partial charge in [-0.3, -0.25) is 9.79 Å². The zero-order valence-electron chi connectivity index (χ0n) is 15.7. The molecule has 1 aliphatic rings. The molecule has 1 aliphatic heterocycles. The lowest BCUT2D eigenvalue weighted by Gasteiger charge is -2.12. The average Bonchev–Trinajstić information content (AvgIpc) is 3.11. The molecule has 2 rings (SSSR count). The van der Waals surface area contributed by atoms with E-state index in [0.717, 1.165) is 55.3 Å². The molecule has 144 valence electrons. The summed E-state index contributed by atoms with van der Waals surface area (Å²) >= 11 is 0. The van der Waals surface area contributed by atoms with Gasteiger partial charge in [0.25, 0.3) is 0 Å². The van der Waals surface area contributed by atoms with Crippen LogP contribution in [0.25, 0.3) is 0 Å². The molecule has 1 heterocycles. The maximum atomic E-state index is 11.2. The highest BCUT2D eigenvalue weighted by atomic mass is 16.7. The van der Waals surface area contributed by atoms with E-state index in [9.17, 15) is 4.79 Å². The monoisotopic (exact) mass is 363 g/mol. The topological polar surface area (TPSA) is 81.2 Å². The highest BCUT2D eigenvalue weighted by molar-refractivity contribution is 5.79. The molecule has 0 unspecified atom stereocenters. The van der Waals surface area contributed by atoms with Crippen LogP contribution in [0.3, 0.4) is 0 Å². The molecule has 0 aromatic heterocycles. The van der Waals surface area contributed by atoms with Gasteiger partial charge in [0.2, 0.25) is 6.79 Å². The van der Waals surface area contributed by atoms with Gasteiger partial charge in [0.05, 0.1) is 6.61 Å². The van der Waals surface area contributed by atoms with E-state index in [1.807, 2.05) is 25.1 Å². The van der Waals surface area contributed by atoms with Crippen LogP contribution in [0.1, 0.15) is 44.6 Å². The van der Waals surface area contributed by atoms with Crippen LogP contribution in [-0.4, -0.2) is 38.9 Å². The minimum Gasteiger partial charge on any atom is -0.466 e. The van der Waals surface area contributed by atoms with Crippen molar-refractivity contribution >= 4 is 11.9 Å². The Morgan fingerprint density at radius 2 is 1.96 bits per heavy atom. The quantitative estimate of drug-likeness (QED) is 0.288. The third kappa shape index (κ3) is 6.82. The van der Waals surface area contributed by atoms with Gasteiger partial charge in [0.15, 0.2) is 17.5 Å². The minimum absolute atomic E-state index is 0.0984. The molecule has 7 nitrogen and oxygen atoms in total. The Kier molecular flexibility index (Phi) is 8.59. The summed E-state index contributed by atoms with van der Waals surface area (Å²) in [6.45, 7) is 4.09. The molecular weight excluding hydrogens is 334 g/mol. The van der Waals surface area contributed by atoms with E-state index in [-0.39, 0.29) is 12.8 Å². The van der Waals surface area contributed by atoms with Crippen LogP contribution in [0.2, 0.25) is 0 Å². The number of carbonyl (C=O) groups is 1.